The molecule has 4 unspecified atom stereocenters. The standard InChI is InChI=1S/C21H40N4O.H2/c1-4-17(3)21(26)22-20-8-7-18-15-25(16-19(18)20)10-6-9-24-13-11-23(5-2)12-14-24;/h17-20H,4-16H2,1-3H3,(H,22,26);1H. The predicted molar refractivity (Wildman–Crippen MR) is 109 cm³/mol. The van der Waals surface area contributed by atoms with E-state index in [1.807, 2.05) is 6.92 Å². The molecule has 2 heterocycles. The summed E-state index contributed by atoms with van der Waals surface area (Å²) in [4.78, 5) is 20.1. The average molecular weight is 367 g/mol. The van der Waals surface area contributed by atoms with Crippen molar-refractivity contribution < 1.29 is 6.22 Å². The van der Waals surface area contributed by atoms with Crippen LogP contribution in [-0.4, -0.2) is 85.6 Å². The Hall–Kier alpha value is -0.650. The Labute approximate surface area is 161 Å². The summed E-state index contributed by atoms with van der Waals surface area (Å²) in [6.45, 7) is 17.5. The van der Waals surface area contributed by atoms with Gasteiger partial charge in [0.1, 0.15) is 0 Å². The molecule has 26 heavy (non-hydrogen) atoms. The maximum Gasteiger partial charge on any atom is 0.223 e. The Balaban J connectivity index is 0.00000261. The van der Waals surface area contributed by atoms with Crippen LogP contribution in [0.1, 0.15) is 47.9 Å². The lowest BCUT2D eigenvalue weighted by Gasteiger charge is -2.34. The van der Waals surface area contributed by atoms with Crippen molar-refractivity contribution in [3.63, 3.8) is 0 Å². The molecule has 1 aliphatic carbocycles. The molecule has 3 aliphatic rings. The first kappa shape index (κ1) is 20.1. The summed E-state index contributed by atoms with van der Waals surface area (Å²) >= 11 is 0. The molecule has 0 aromatic rings. The van der Waals surface area contributed by atoms with E-state index >= 15 is 0 Å². The van der Waals surface area contributed by atoms with E-state index in [0.29, 0.717) is 12.0 Å². The van der Waals surface area contributed by atoms with Crippen LogP contribution in [0, 0.1) is 17.8 Å². The highest BCUT2D eigenvalue weighted by molar-refractivity contribution is 5.78. The van der Waals surface area contributed by atoms with E-state index in [0.717, 1.165) is 12.3 Å². The quantitative estimate of drug-likeness (QED) is 0.714. The summed E-state index contributed by atoms with van der Waals surface area (Å²) in [7, 11) is 0. The van der Waals surface area contributed by atoms with Gasteiger partial charge in [0.05, 0.1) is 0 Å². The molecule has 2 aliphatic heterocycles. The van der Waals surface area contributed by atoms with Gasteiger partial charge in [-0.1, -0.05) is 20.8 Å². The maximum absolute atomic E-state index is 12.3. The topological polar surface area (TPSA) is 38.8 Å². The molecule has 0 spiro atoms. The fraction of sp³-hybridized carbons (Fsp3) is 0.952. The highest BCUT2D eigenvalue weighted by Crippen LogP contribution is 2.38. The summed E-state index contributed by atoms with van der Waals surface area (Å²) in [5, 5.41) is 3.36. The van der Waals surface area contributed by atoms with Gasteiger partial charge in [0.25, 0.3) is 0 Å². The lowest BCUT2D eigenvalue weighted by molar-refractivity contribution is -0.125. The molecule has 1 saturated carbocycles. The first-order chi connectivity index (χ1) is 12.6. The van der Waals surface area contributed by atoms with Crippen molar-refractivity contribution in [2.24, 2.45) is 17.8 Å². The minimum atomic E-state index is 0. The zero-order valence-corrected chi connectivity index (χ0v) is 17.3. The zero-order chi connectivity index (χ0) is 18.5. The van der Waals surface area contributed by atoms with Crippen molar-refractivity contribution in [2.45, 2.75) is 52.5 Å². The van der Waals surface area contributed by atoms with Crippen LogP contribution in [-0.2, 0) is 4.79 Å². The summed E-state index contributed by atoms with van der Waals surface area (Å²) in [5.41, 5.74) is 0. The lowest BCUT2D eigenvalue weighted by atomic mass is 9.97. The smallest absolute Gasteiger partial charge is 0.223 e. The molecule has 152 valence electrons. The van der Waals surface area contributed by atoms with Crippen molar-refractivity contribution in [1.82, 2.24) is 20.0 Å². The molecule has 2 saturated heterocycles. The van der Waals surface area contributed by atoms with Gasteiger partial charge in [-0.25, -0.2) is 0 Å². The van der Waals surface area contributed by atoms with Crippen LogP contribution in [0.15, 0.2) is 0 Å². The number of nitrogens with one attached hydrogen (secondary N) is 1. The summed E-state index contributed by atoms with van der Waals surface area (Å²) in [5.74, 6) is 1.92. The number of piperazine rings is 1. The van der Waals surface area contributed by atoms with Gasteiger partial charge in [-0.15, -0.1) is 0 Å². The molecule has 3 fully saturated rings. The zero-order valence-electron chi connectivity index (χ0n) is 17.3. The lowest BCUT2D eigenvalue weighted by Crippen LogP contribution is -2.46. The van der Waals surface area contributed by atoms with Gasteiger partial charge in [-0.2, -0.15) is 0 Å². The largest absolute Gasteiger partial charge is 0.353 e. The third kappa shape index (κ3) is 4.99. The van der Waals surface area contributed by atoms with Crippen LogP contribution < -0.4 is 5.32 Å². The first-order valence-corrected chi connectivity index (χ1v) is 11.1. The molecule has 1 N–H and O–H groups in total. The van der Waals surface area contributed by atoms with E-state index < -0.39 is 0 Å². The summed E-state index contributed by atoms with van der Waals surface area (Å²) < 4.78 is 0. The van der Waals surface area contributed by atoms with Crippen LogP contribution >= 0.6 is 0 Å². The average Bonchev–Trinajstić information content (AvgIpc) is 3.23. The molecule has 5 heteroatoms. The number of amides is 1. The normalized spacial score (nSPS) is 31.9. The number of hydrogen-bond donors (Lipinski definition) is 1. The SMILES string of the molecule is CCC(C)C(=O)NC1CCC2CN(CCCN3CCN(CC)CC3)CC21.[HH]. The summed E-state index contributed by atoms with van der Waals surface area (Å²) in [6.07, 6.45) is 4.71. The number of rotatable bonds is 8. The first-order valence-electron chi connectivity index (χ1n) is 11.1. The second kappa shape index (κ2) is 9.52. The second-order valence-electron chi connectivity index (χ2n) is 8.81. The maximum atomic E-state index is 12.3. The second-order valence-corrected chi connectivity index (χ2v) is 8.81. The minimum Gasteiger partial charge on any atom is -0.353 e. The van der Waals surface area contributed by atoms with Crippen LogP contribution in [0.25, 0.3) is 0 Å². The molecule has 0 aromatic heterocycles. The molecular weight excluding hydrogens is 324 g/mol. The Kier molecular flexibility index (Phi) is 7.35. The van der Waals surface area contributed by atoms with E-state index in [1.165, 1.54) is 78.2 Å². The van der Waals surface area contributed by atoms with Crippen molar-refractivity contribution in [3.05, 3.63) is 0 Å². The third-order valence-corrected chi connectivity index (χ3v) is 7.18. The number of carbonyl (C=O) groups is 1. The fourth-order valence-electron chi connectivity index (χ4n) is 5.08. The van der Waals surface area contributed by atoms with Crippen LogP contribution in [0.4, 0.5) is 0 Å². The van der Waals surface area contributed by atoms with Gasteiger partial charge < -0.3 is 20.0 Å². The Morgan fingerprint density at radius 2 is 1.73 bits per heavy atom. The van der Waals surface area contributed by atoms with Crippen molar-refractivity contribution >= 4 is 5.91 Å². The van der Waals surface area contributed by atoms with Crippen molar-refractivity contribution in [1.29, 1.82) is 0 Å². The van der Waals surface area contributed by atoms with Crippen LogP contribution in [0.2, 0.25) is 0 Å². The molecule has 0 bridgehead atoms. The number of likely N-dealkylation sites (tertiary alicyclic amines) is 1. The van der Waals surface area contributed by atoms with Gasteiger partial charge in [-0.3, -0.25) is 4.79 Å². The monoisotopic (exact) mass is 366 g/mol. The Morgan fingerprint density at radius 1 is 1.04 bits per heavy atom. The number of hydrogen-bond acceptors (Lipinski definition) is 4. The number of nitrogens with zero attached hydrogens (tertiary/aromatic N) is 3. The van der Waals surface area contributed by atoms with E-state index in [1.54, 1.807) is 0 Å². The van der Waals surface area contributed by atoms with Gasteiger partial charge in [-0.05, 0) is 57.2 Å². The minimum absolute atomic E-state index is 0. The third-order valence-electron chi connectivity index (χ3n) is 7.18. The van der Waals surface area contributed by atoms with Gasteiger partial charge in [0.2, 0.25) is 5.91 Å². The number of carbonyl (C=O) groups excluding carboxylic acids is 1. The predicted octanol–water partition coefficient (Wildman–Crippen LogP) is 2.13. The molecule has 5 nitrogen and oxygen atoms in total. The highest BCUT2D eigenvalue weighted by Gasteiger charge is 2.43. The van der Waals surface area contributed by atoms with E-state index in [4.69, 9.17) is 0 Å². The van der Waals surface area contributed by atoms with Crippen LogP contribution in [0.5, 0.6) is 0 Å². The highest BCUT2D eigenvalue weighted by atomic mass is 16.1. The molecule has 3 rings (SSSR count). The number of likely N-dealkylation sites (N-methyl/N-ethyl adjacent to an activating group) is 1. The number of fused-ring (bicyclic) bond motifs is 1. The molecule has 0 aromatic carbocycles. The molecule has 1 amide bonds. The van der Waals surface area contributed by atoms with Crippen molar-refractivity contribution in [2.75, 3.05) is 58.9 Å². The fourth-order valence-corrected chi connectivity index (χ4v) is 5.08. The molecular formula is C21H42N4O. The Bertz CT molecular complexity index is 455. The Morgan fingerprint density at radius 3 is 2.42 bits per heavy atom. The van der Waals surface area contributed by atoms with Crippen molar-refractivity contribution in [3.8, 4) is 0 Å². The summed E-state index contributed by atoms with van der Waals surface area (Å²) in [6, 6.07) is 0.425. The molecule has 4 atom stereocenters. The van der Waals surface area contributed by atoms with Gasteiger partial charge in [0, 0.05) is 52.7 Å². The van der Waals surface area contributed by atoms with E-state index in [9.17, 15) is 4.79 Å². The van der Waals surface area contributed by atoms with E-state index in [-0.39, 0.29) is 13.3 Å². The van der Waals surface area contributed by atoms with E-state index in [2.05, 4.69) is 33.9 Å². The van der Waals surface area contributed by atoms with Gasteiger partial charge >= 0.3 is 0 Å². The van der Waals surface area contributed by atoms with Crippen LogP contribution in [0.3, 0.4) is 0 Å². The molecule has 0 radical (unpaired) electrons. The van der Waals surface area contributed by atoms with Gasteiger partial charge in [0.15, 0.2) is 0 Å².